The molecule has 7 heteroatoms. The van der Waals surface area contributed by atoms with Crippen molar-refractivity contribution in [2.45, 2.75) is 19.1 Å². The van der Waals surface area contributed by atoms with Crippen molar-refractivity contribution in [1.82, 2.24) is 15.1 Å². The van der Waals surface area contributed by atoms with Crippen molar-refractivity contribution in [1.29, 1.82) is 0 Å². The second kappa shape index (κ2) is 7.11. The number of nitrogens with one attached hydrogen (secondary N) is 1. The van der Waals surface area contributed by atoms with E-state index >= 15 is 0 Å². The van der Waals surface area contributed by atoms with Crippen LogP contribution in [0, 0.1) is 5.92 Å². The van der Waals surface area contributed by atoms with Gasteiger partial charge < -0.3 is 10.2 Å². The highest BCUT2D eigenvalue weighted by Crippen LogP contribution is 2.29. The highest BCUT2D eigenvalue weighted by molar-refractivity contribution is 5.79. The molecule has 1 aromatic rings. The van der Waals surface area contributed by atoms with Gasteiger partial charge in [-0.3, -0.25) is 9.69 Å². The van der Waals surface area contributed by atoms with Crippen LogP contribution in [-0.4, -0.2) is 55.0 Å². The van der Waals surface area contributed by atoms with Crippen LogP contribution in [0.1, 0.15) is 17.5 Å². The minimum Gasteiger partial charge on any atom is -0.340 e. The predicted octanol–water partition coefficient (Wildman–Crippen LogP) is 1.96. The zero-order valence-electron chi connectivity index (χ0n) is 13.5. The Labute approximate surface area is 139 Å². The van der Waals surface area contributed by atoms with Crippen molar-refractivity contribution in [2.24, 2.45) is 5.92 Å². The number of alkyl halides is 3. The minimum absolute atomic E-state index is 0.0833. The highest BCUT2D eigenvalue weighted by atomic mass is 19.4. The summed E-state index contributed by atoms with van der Waals surface area (Å²) in [5, 5.41) is 3.20. The standard InChI is InChI=1S/C17H22F3N3O/c18-17(19,20)15-3-1-2-13(10-15)12-22-6-8-23(9-7-22)16(24)14-4-5-21-11-14/h1-3,10,14,21H,4-9,11-12H2/t14-/m1/s1. The van der Waals surface area contributed by atoms with Crippen molar-refractivity contribution in [3.05, 3.63) is 35.4 Å². The van der Waals surface area contributed by atoms with E-state index in [2.05, 4.69) is 10.2 Å². The summed E-state index contributed by atoms with van der Waals surface area (Å²) in [6, 6.07) is 5.47. The van der Waals surface area contributed by atoms with E-state index in [1.807, 2.05) is 4.90 Å². The van der Waals surface area contributed by atoms with Gasteiger partial charge >= 0.3 is 6.18 Å². The summed E-state index contributed by atoms with van der Waals surface area (Å²) in [4.78, 5) is 16.4. The van der Waals surface area contributed by atoms with Crippen LogP contribution in [-0.2, 0) is 17.5 Å². The average molecular weight is 341 g/mol. The second-order valence-corrected chi connectivity index (χ2v) is 6.49. The summed E-state index contributed by atoms with van der Waals surface area (Å²) in [7, 11) is 0. The van der Waals surface area contributed by atoms with Crippen LogP contribution in [0.15, 0.2) is 24.3 Å². The lowest BCUT2D eigenvalue weighted by molar-refractivity contribution is -0.138. The van der Waals surface area contributed by atoms with E-state index in [4.69, 9.17) is 0 Å². The van der Waals surface area contributed by atoms with E-state index in [-0.39, 0.29) is 11.8 Å². The Balaban J connectivity index is 1.53. The molecule has 2 heterocycles. The van der Waals surface area contributed by atoms with Crippen molar-refractivity contribution in [3.8, 4) is 0 Å². The van der Waals surface area contributed by atoms with E-state index in [1.165, 1.54) is 12.1 Å². The van der Waals surface area contributed by atoms with Gasteiger partial charge in [0.1, 0.15) is 0 Å². The van der Waals surface area contributed by atoms with Gasteiger partial charge in [-0.25, -0.2) is 0 Å². The number of nitrogens with zero attached hydrogens (tertiary/aromatic N) is 2. The molecule has 2 fully saturated rings. The van der Waals surface area contributed by atoms with Gasteiger partial charge in [0.2, 0.25) is 5.91 Å². The van der Waals surface area contributed by atoms with Crippen LogP contribution in [0.5, 0.6) is 0 Å². The highest BCUT2D eigenvalue weighted by Gasteiger charge is 2.31. The molecule has 1 atom stereocenters. The maximum Gasteiger partial charge on any atom is 0.416 e. The quantitative estimate of drug-likeness (QED) is 0.913. The third-order valence-electron chi connectivity index (χ3n) is 4.75. The number of carbonyl (C=O) groups excluding carboxylic acids is 1. The van der Waals surface area contributed by atoms with Crippen molar-refractivity contribution in [2.75, 3.05) is 39.3 Å². The summed E-state index contributed by atoms with van der Waals surface area (Å²) in [5.41, 5.74) is 0.0483. The van der Waals surface area contributed by atoms with Crippen LogP contribution in [0.4, 0.5) is 13.2 Å². The Hall–Kier alpha value is -1.60. The SMILES string of the molecule is O=C([C@@H]1CCNC1)N1CCN(Cc2cccc(C(F)(F)F)c2)CC1. The molecule has 0 radical (unpaired) electrons. The van der Waals surface area contributed by atoms with Gasteiger partial charge in [-0.05, 0) is 24.6 Å². The number of hydrogen-bond donors (Lipinski definition) is 1. The van der Waals surface area contributed by atoms with E-state index in [0.29, 0.717) is 38.3 Å². The Morgan fingerprint density at radius 1 is 1.21 bits per heavy atom. The molecule has 1 N–H and O–H groups in total. The van der Waals surface area contributed by atoms with Crippen molar-refractivity contribution >= 4 is 5.91 Å². The number of rotatable bonds is 3. The lowest BCUT2D eigenvalue weighted by Gasteiger charge is -2.36. The summed E-state index contributed by atoms with van der Waals surface area (Å²) < 4.78 is 38.3. The number of amides is 1. The third kappa shape index (κ3) is 4.08. The zero-order valence-corrected chi connectivity index (χ0v) is 13.5. The summed E-state index contributed by atoms with van der Waals surface area (Å²) >= 11 is 0. The molecule has 0 aliphatic carbocycles. The van der Waals surface area contributed by atoms with Gasteiger partial charge in [0, 0.05) is 39.3 Å². The van der Waals surface area contributed by atoms with Gasteiger partial charge in [0.05, 0.1) is 11.5 Å². The Bertz CT molecular complexity index is 577. The average Bonchev–Trinajstić information content (AvgIpc) is 3.09. The number of halogens is 3. The molecule has 0 unspecified atom stereocenters. The zero-order chi connectivity index (χ0) is 17.2. The monoisotopic (exact) mass is 341 g/mol. The molecule has 0 bridgehead atoms. The van der Waals surface area contributed by atoms with Crippen molar-refractivity contribution in [3.63, 3.8) is 0 Å². The van der Waals surface area contributed by atoms with Crippen LogP contribution in [0.3, 0.4) is 0 Å². The molecular formula is C17H22F3N3O. The van der Waals surface area contributed by atoms with Crippen LogP contribution < -0.4 is 5.32 Å². The first-order valence-corrected chi connectivity index (χ1v) is 8.31. The van der Waals surface area contributed by atoms with E-state index in [9.17, 15) is 18.0 Å². The number of benzene rings is 1. The fraction of sp³-hybridized carbons (Fsp3) is 0.588. The molecule has 1 amide bonds. The molecule has 3 rings (SSSR count). The lowest BCUT2D eigenvalue weighted by Crippen LogP contribution is -2.50. The van der Waals surface area contributed by atoms with Gasteiger partial charge in [0.25, 0.3) is 0 Å². The molecule has 2 saturated heterocycles. The Morgan fingerprint density at radius 2 is 1.96 bits per heavy atom. The first-order chi connectivity index (χ1) is 11.4. The molecule has 2 aliphatic rings. The number of hydrogen-bond acceptors (Lipinski definition) is 3. The number of piperazine rings is 1. The van der Waals surface area contributed by atoms with E-state index in [1.54, 1.807) is 6.07 Å². The number of carbonyl (C=O) groups is 1. The van der Waals surface area contributed by atoms with Crippen molar-refractivity contribution < 1.29 is 18.0 Å². The fourth-order valence-corrected chi connectivity index (χ4v) is 3.35. The molecule has 4 nitrogen and oxygen atoms in total. The Kier molecular flexibility index (Phi) is 5.10. The van der Waals surface area contributed by atoms with Gasteiger partial charge in [-0.1, -0.05) is 18.2 Å². The predicted molar refractivity (Wildman–Crippen MR) is 84.3 cm³/mol. The molecule has 0 spiro atoms. The molecule has 24 heavy (non-hydrogen) atoms. The van der Waals surface area contributed by atoms with Gasteiger partial charge in [-0.15, -0.1) is 0 Å². The summed E-state index contributed by atoms with van der Waals surface area (Å²) in [6.07, 6.45) is -3.42. The Morgan fingerprint density at radius 3 is 2.58 bits per heavy atom. The molecular weight excluding hydrogens is 319 g/mol. The largest absolute Gasteiger partial charge is 0.416 e. The molecule has 132 valence electrons. The third-order valence-corrected chi connectivity index (χ3v) is 4.75. The van der Waals surface area contributed by atoms with Gasteiger partial charge in [0.15, 0.2) is 0 Å². The first-order valence-electron chi connectivity index (χ1n) is 8.31. The fourth-order valence-electron chi connectivity index (χ4n) is 3.35. The molecule has 1 aromatic carbocycles. The normalized spacial score (nSPS) is 22.8. The summed E-state index contributed by atoms with van der Waals surface area (Å²) in [5.74, 6) is 0.290. The second-order valence-electron chi connectivity index (χ2n) is 6.49. The van der Waals surface area contributed by atoms with Crippen LogP contribution in [0.2, 0.25) is 0 Å². The van der Waals surface area contributed by atoms with Crippen LogP contribution >= 0.6 is 0 Å². The smallest absolute Gasteiger partial charge is 0.340 e. The molecule has 0 saturated carbocycles. The van der Waals surface area contributed by atoms with E-state index < -0.39 is 11.7 Å². The molecule has 0 aromatic heterocycles. The first kappa shape index (κ1) is 17.2. The van der Waals surface area contributed by atoms with Gasteiger partial charge in [-0.2, -0.15) is 13.2 Å². The molecule has 2 aliphatic heterocycles. The maximum absolute atomic E-state index is 12.8. The van der Waals surface area contributed by atoms with E-state index in [0.717, 1.165) is 25.6 Å². The van der Waals surface area contributed by atoms with Crippen LogP contribution in [0.25, 0.3) is 0 Å². The minimum atomic E-state index is -4.31. The maximum atomic E-state index is 12.8. The lowest BCUT2D eigenvalue weighted by atomic mass is 10.1. The topological polar surface area (TPSA) is 35.6 Å². The summed E-state index contributed by atoms with van der Waals surface area (Å²) in [6.45, 7) is 4.82.